The Morgan fingerprint density at radius 2 is 1.93 bits per heavy atom. The van der Waals surface area contributed by atoms with E-state index in [1.165, 1.54) is 4.80 Å². The lowest BCUT2D eigenvalue weighted by atomic mass is 10.3. The quantitative estimate of drug-likeness (QED) is 0.595. The van der Waals surface area contributed by atoms with E-state index < -0.39 is 18.5 Å². The molecule has 0 aliphatic carbocycles. The standard InChI is InChI=1S/C20H19ClN4O4/c1-3-28-17-10-5-4-9-16(17)22-18(26)12-29-20(27)19-13(2)23-25(24-19)15-8-6-7-14(21)11-15/h4-11H,3,12H2,1-2H3,(H,22,26). The van der Waals surface area contributed by atoms with E-state index in [0.29, 0.717) is 34.4 Å². The molecule has 1 N–H and O–H groups in total. The molecular weight excluding hydrogens is 396 g/mol. The summed E-state index contributed by atoms with van der Waals surface area (Å²) in [4.78, 5) is 25.8. The van der Waals surface area contributed by atoms with Gasteiger partial charge in [-0.15, -0.1) is 5.10 Å². The number of aryl methyl sites for hydroxylation is 1. The van der Waals surface area contributed by atoms with E-state index in [1.54, 1.807) is 55.5 Å². The van der Waals surface area contributed by atoms with Crippen molar-refractivity contribution in [2.24, 2.45) is 0 Å². The summed E-state index contributed by atoms with van der Waals surface area (Å²) in [5.41, 5.74) is 1.49. The second kappa shape index (κ2) is 9.20. The zero-order chi connectivity index (χ0) is 20.8. The van der Waals surface area contributed by atoms with E-state index in [2.05, 4.69) is 15.5 Å². The molecule has 2 aromatic carbocycles. The average molecular weight is 415 g/mol. The first-order chi connectivity index (χ1) is 14.0. The van der Waals surface area contributed by atoms with Crippen molar-refractivity contribution in [3.63, 3.8) is 0 Å². The van der Waals surface area contributed by atoms with Gasteiger partial charge in [0.15, 0.2) is 12.3 Å². The summed E-state index contributed by atoms with van der Waals surface area (Å²) in [6.45, 7) is 3.47. The van der Waals surface area contributed by atoms with Crippen molar-refractivity contribution in [1.82, 2.24) is 15.0 Å². The summed E-state index contributed by atoms with van der Waals surface area (Å²) in [5.74, 6) is -0.704. The van der Waals surface area contributed by atoms with Gasteiger partial charge in [0.25, 0.3) is 5.91 Å². The van der Waals surface area contributed by atoms with Crippen LogP contribution in [0.1, 0.15) is 23.1 Å². The van der Waals surface area contributed by atoms with E-state index in [-0.39, 0.29) is 5.69 Å². The van der Waals surface area contributed by atoms with Gasteiger partial charge < -0.3 is 14.8 Å². The van der Waals surface area contributed by atoms with Gasteiger partial charge in [-0.2, -0.15) is 9.90 Å². The SMILES string of the molecule is CCOc1ccccc1NC(=O)COC(=O)c1nn(-c2cccc(Cl)c2)nc1C. The molecule has 1 aromatic heterocycles. The van der Waals surface area contributed by atoms with Gasteiger partial charge in [-0.05, 0) is 44.2 Å². The van der Waals surface area contributed by atoms with Crippen molar-refractivity contribution in [3.05, 3.63) is 64.9 Å². The van der Waals surface area contributed by atoms with Crippen LogP contribution in [0.25, 0.3) is 5.69 Å². The van der Waals surface area contributed by atoms with E-state index in [0.717, 1.165) is 0 Å². The number of para-hydroxylation sites is 2. The number of benzene rings is 2. The third-order valence-corrected chi connectivity index (χ3v) is 4.05. The lowest BCUT2D eigenvalue weighted by molar-refractivity contribution is -0.119. The highest BCUT2D eigenvalue weighted by molar-refractivity contribution is 6.30. The van der Waals surface area contributed by atoms with Gasteiger partial charge in [0, 0.05) is 5.02 Å². The Bertz CT molecular complexity index is 1030. The normalized spacial score (nSPS) is 10.4. The third-order valence-electron chi connectivity index (χ3n) is 3.81. The highest BCUT2D eigenvalue weighted by Gasteiger charge is 2.19. The number of anilines is 1. The molecule has 0 saturated carbocycles. The lowest BCUT2D eigenvalue weighted by Crippen LogP contribution is -2.21. The highest BCUT2D eigenvalue weighted by Crippen LogP contribution is 2.23. The van der Waals surface area contributed by atoms with Crippen LogP contribution in [-0.4, -0.2) is 40.1 Å². The summed E-state index contributed by atoms with van der Waals surface area (Å²) < 4.78 is 10.5. The number of halogens is 1. The van der Waals surface area contributed by atoms with Crippen molar-refractivity contribution < 1.29 is 19.1 Å². The van der Waals surface area contributed by atoms with Gasteiger partial charge in [-0.1, -0.05) is 29.8 Å². The largest absolute Gasteiger partial charge is 0.492 e. The Kier molecular flexibility index (Phi) is 6.46. The molecule has 8 nitrogen and oxygen atoms in total. The fraction of sp³-hybridized carbons (Fsp3) is 0.200. The summed E-state index contributed by atoms with van der Waals surface area (Å²) in [7, 11) is 0. The van der Waals surface area contributed by atoms with Crippen LogP contribution >= 0.6 is 11.6 Å². The van der Waals surface area contributed by atoms with Crippen LogP contribution in [0.3, 0.4) is 0 Å². The Hall–Kier alpha value is -3.39. The van der Waals surface area contributed by atoms with Crippen molar-refractivity contribution in [1.29, 1.82) is 0 Å². The number of ether oxygens (including phenoxy) is 2. The summed E-state index contributed by atoms with van der Waals surface area (Å²) in [6.07, 6.45) is 0. The number of rotatable bonds is 7. The van der Waals surface area contributed by atoms with Gasteiger partial charge in [-0.3, -0.25) is 4.79 Å². The number of esters is 1. The molecule has 0 spiro atoms. The molecular formula is C20H19ClN4O4. The Balaban J connectivity index is 1.63. The van der Waals surface area contributed by atoms with E-state index in [4.69, 9.17) is 21.1 Å². The number of nitrogens with one attached hydrogen (secondary N) is 1. The lowest BCUT2D eigenvalue weighted by Gasteiger charge is -2.11. The number of carbonyl (C=O) groups is 2. The molecule has 150 valence electrons. The molecule has 9 heteroatoms. The summed E-state index contributed by atoms with van der Waals surface area (Å²) in [5, 5.41) is 11.5. The Labute approximate surface area is 172 Å². The second-order valence-corrected chi connectivity index (χ2v) is 6.39. The van der Waals surface area contributed by atoms with Crippen LogP contribution < -0.4 is 10.1 Å². The minimum Gasteiger partial charge on any atom is -0.492 e. The topological polar surface area (TPSA) is 95.3 Å². The molecule has 29 heavy (non-hydrogen) atoms. The fourth-order valence-electron chi connectivity index (χ4n) is 2.52. The maximum atomic E-state index is 12.3. The maximum absolute atomic E-state index is 12.3. The Morgan fingerprint density at radius 3 is 2.69 bits per heavy atom. The predicted molar refractivity (Wildman–Crippen MR) is 108 cm³/mol. The molecule has 0 saturated heterocycles. The minimum atomic E-state index is -0.746. The van der Waals surface area contributed by atoms with Crippen molar-refractivity contribution in [2.45, 2.75) is 13.8 Å². The van der Waals surface area contributed by atoms with E-state index >= 15 is 0 Å². The second-order valence-electron chi connectivity index (χ2n) is 5.96. The molecule has 1 heterocycles. The number of amides is 1. The van der Waals surface area contributed by atoms with Crippen molar-refractivity contribution >= 4 is 29.2 Å². The molecule has 1 amide bonds. The van der Waals surface area contributed by atoms with Crippen LogP contribution in [0.15, 0.2) is 48.5 Å². The number of hydrogen-bond acceptors (Lipinski definition) is 6. The summed E-state index contributed by atoms with van der Waals surface area (Å²) in [6, 6.07) is 13.9. The third kappa shape index (κ3) is 5.11. The smallest absolute Gasteiger partial charge is 0.361 e. The van der Waals surface area contributed by atoms with Crippen LogP contribution in [0.5, 0.6) is 5.75 Å². The first-order valence-corrected chi connectivity index (χ1v) is 9.24. The van der Waals surface area contributed by atoms with Gasteiger partial charge in [0.05, 0.1) is 23.7 Å². The Morgan fingerprint density at radius 1 is 1.14 bits per heavy atom. The fourth-order valence-corrected chi connectivity index (χ4v) is 2.70. The average Bonchev–Trinajstić information content (AvgIpc) is 3.10. The monoisotopic (exact) mass is 414 g/mol. The van der Waals surface area contributed by atoms with Crippen LogP contribution in [-0.2, 0) is 9.53 Å². The number of aromatic nitrogens is 3. The van der Waals surface area contributed by atoms with Crippen molar-refractivity contribution in [2.75, 3.05) is 18.5 Å². The van der Waals surface area contributed by atoms with Gasteiger partial charge in [0.1, 0.15) is 5.75 Å². The maximum Gasteiger partial charge on any atom is 0.361 e. The van der Waals surface area contributed by atoms with Crippen molar-refractivity contribution in [3.8, 4) is 11.4 Å². The van der Waals surface area contributed by atoms with Gasteiger partial charge >= 0.3 is 5.97 Å². The van der Waals surface area contributed by atoms with E-state index in [1.807, 2.05) is 6.92 Å². The molecule has 0 bridgehead atoms. The molecule has 0 unspecified atom stereocenters. The first kappa shape index (κ1) is 20.3. The zero-order valence-corrected chi connectivity index (χ0v) is 16.6. The van der Waals surface area contributed by atoms with Crippen LogP contribution in [0.4, 0.5) is 5.69 Å². The van der Waals surface area contributed by atoms with Gasteiger partial charge in [0.2, 0.25) is 0 Å². The highest BCUT2D eigenvalue weighted by atomic mass is 35.5. The van der Waals surface area contributed by atoms with Crippen LogP contribution in [0.2, 0.25) is 5.02 Å². The zero-order valence-electron chi connectivity index (χ0n) is 15.9. The molecule has 0 radical (unpaired) electrons. The molecule has 0 atom stereocenters. The van der Waals surface area contributed by atoms with Gasteiger partial charge in [-0.25, -0.2) is 4.79 Å². The first-order valence-electron chi connectivity index (χ1n) is 8.86. The molecule has 3 rings (SSSR count). The summed E-state index contributed by atoms with van der Waals surface area (Å²) >= 11 is 5.97. The number of hydrogen-bond donors (Lipinski definition) is 1. The van der Waals surface area contributed by atoms with Crippen LogP contribution in [0, 0.1) is 6.92 Å². The molecule has 0 fully saturated rings. The van der Waals surface area contributed by atoms with E-state index in [9.17, 15) is 9.59 Å². The predicted octanol–water partition coefficient (Wildman–Crippen LogP) is 3.42. The number of nitrogens with zero attached hydrogens (tertiary/aromatic N) is 3. The molecule has 0 aliphatic rings. The molecule has 0 aliphatic heterocycles. The molecule has 3 aromatic rings. The number of carbonyl (C=O) groups excluding carboxylic acids is 2. The minimum absolute atomic E-state index is 0.0208.